The minimum atomic E-state index is -4.22. The molecule has 0 bridgehead atoms. The first-order valence-corrected chi connectivity index (χ1v) is 12.7. The van der Waals surface area contributed by atoms with Gasteiger partial charge in [-0.05, 0) is 62.0 Å². The van der Waals surface area contributed by atoms with Crippen molar-refractivity contribution in [1.29, 1.82) is 0 Å². The molecule has 1 aromatic carbocycles. The van der Waals surface area contributed by atoms with Crippen molar-refractivity contribution in [3.05, 3.63) is 42.2 Å². The van der Waals surface area contributed by atoms with E-state index in [1.54, 1.807) is 6.07 Å². The van der Waals surface area contributed by atoms with Gasteiger partial charge in [0.15, 0.2) is 0 Å². The Bertz CT molecular complexity index is 1050. The van der Waals surface area contributed by atoms with Crippen LogP contribution in [-0.4, -0.2) is 62.2 Å². The molecule has 2 aromatic rings. The molecule has 1 fully saturated rings. The molecule has 2 atom stereocenters. The third kappa shape index (κ3) is 7.10. The number of nitrogens with one attached hydrogen (secondary N) is 2. The van der Waals surface area contributed by atoms with Crippen LogP contribution in [0, 0.1) is 5.92 Å². The normalized spacial score (nSPS) is 16.6. The quantitative estimate of drug-likeness (QED) is 0.234. The Hall–Kier alpha value is -2.80. The Kier molecular flexibility index (Phi) is 9.16. The second kappa shape index (κ2) is 12.1. The summed E-state index contributed by atoms with van der Waals surface area (Å²) in [7, 11) is -4.22. The molecule has 1 aliphatic rings. The molecule has 11 nitrogen and oxygen atoms in total. The highest BCUT2D eigenvalue weighted by Crippen LogP contribution is 2.19. The number of carboxylic acids is 1. The SMILES string of the molecule is NC(C(=O)c1cc(OCCCCC2CCNCC2)no1)C(NS(=O)(=O)c1ccccc1)C(=O)O. The maximum absolute atomic E-state index is 12.7. The highest BCUT2D eigenvalue weighted by molar-refractivity contribution is 7.89. The highest BCUT2D eigenvalue weighted by Gasteiger charge is 2.36. The number of rotatable bonds is 13. The summed E-state index contributed by atoms with van der Waals surface area (Å²) in [4.78, 5) is 24.2. The molecule has 2 unspecified atom stereocenters. The van der Waals surface area contributed by atoms with E-state index in [9.17, 15) is 23.1 Å². The smallest absolute Gasteiger partial charge is 0.323 e. The van der Waals surface area contributed by atoms with Crippen molar-refractivity contribution in [2.24, 2.45) is 11.7 Å². The number of nitrogens with zero attached hydrogens (tertiary/aromatic N) is 1. The highest BCUT2D eigenvalue weighted by atomic mass is 32.2. The fourth-order valence-corrected chi connectivity index (χ4v) is 4.99. The predicted molar refractivity (Wildman–Crippen MR) is 122 cm³/mol. The van der Waals surface area contributed by atoms with Crippen molar-refractivity contribution in [3.63, 3.8) is 0 Å². The Morgan fingerprint density at radius 2 is 1.94 bits per heavy atom. The summed E-state index contributed by atoms with van der Waals surface area (Å²) in [6, 6.07) is 4.73. The van der Waals surface area contributed by atoms with Crippen molar-refractivity contribution in [2.45, 2.75) is 49.1 Å². The number of nitrogens with two attached hydrogens (primary N) is 1. The molecule has 2 heterocycles. The number of aromatic nitrogens is 1. The van der Waals surface area contributed by atoms with Gasteiger partial charge in [0.25, 0.3) is 5.88 Å². The Morgan fingerprint density at radius 1 is 1.24 bits per heavy atom. The van der Waals surface area contributed by atoms with Crippen molar-refractivity contribution in [3.8, 4) is 5.88 Å². The zero-order chi connectivity index (χ0) is 24.6. The average Bonchev–Trinajstić information content (AvgIpc) is 3.31. The number of ketones is 1. The van der Waals surface area contributed by atoms with Crippen LogP contribution in [0.15, 0.2) is 45.8 Å². The summed E-state index contributed by atoms with van der Waals surface area (Å²) in [6.07, 6.45) is 5.35. The van der Waals surface area contributed by atoms with Crippen molar-refractivity contribution in [2.75, 3.05) is 19.7 Å². The summed E-state index contributed by atoms with van der Waals surface area (Å²) in [5, 5.41) is 16.5. The van der Waals surface area contributed by atoms with Gasteiger partial charge in [-0.25, -0.2) is 8.42 Å². The third-order valence-corrected chi connectivity index (χ3v) is 7.17. The fraction of sp³-hybridized carbons (Fsp3) is 0.500. The minimum absolute atomic E-state index is 0.0779. The van der Waals surface area contributed by atoms with Gasteiger partial charge in [-0.3, -0.25) is 9.59 Å². The van der Waals surface area contributed by atoms with Gasteiger partial charge in [-0.1, -0.05) is 24.6 Å². The zero-order valence-electron chi connectivity index (χ0n) is 18.7. The lowest BCUT2D eigenvalue weighted by Gasteiger charge is -2.22. The first kappa shape index (κ1) is 25.8. The molecule has 0 radical (unpaired) electrons. The number of hydrogen-bond donors (Lipinski definition) is 4. The lowest BCUT2D eigenvalue weighted by Crippen LogP contribution is -2.55. The van der Waals surface area contributed by atoms with Crippen LogP contribution in [0.1, 0.15) is 42.7 Å². The van der Waals surface area contributed by atoms with Crippen LogP contribution < -0.4 is 20.5 Å². The summed E-state index contributed by atoms with van der Waals surface area (Å²) in [5.74, 6) is -2.03. The van der Waals surface area contributed by atoms with Crippen molar-refractivity contribution < 1.29 is 32.4 Å². The van der Waals surface area contributed by atoms with Crippen LogP contribution >= 0.6 is 0 Å². The van der Waals surface area contributed by atoms with Gasteiger partial charge >= 0.3 is 5.97 Å². The maximum Gasteiger partial charge on any atom is 0.323 e. The van der Waals surface area contributed by atoms with E-state index in [-0.39, 0.29) is 16.5 Å². The molecule has 1 aromatic heterocycles. The molecular formula is C22H30N4O7S. The van der Waals surface area contributed by atoms with E-state index >= 15 is 0 Å². The average molecular weight is 495 g/mol. The summed E-state index contributed by atoms with van der Waals surface area (Å²) in [5.41, 5.74) is 5.81. The number of benzene rings is 1. The molecule has 5 N–H and O–H groups in total. The van der Waals surface area contributed by atoms with Crippen molar-refractivity contribution in [1.82, 2.24) is 15.2 Å². The molecule has 1 aliphatic heterocycles. The molecule has 0 aliphatic carbocycles. The van der Waals surface area contributed by atoms with Gasteiger partial charge in [0.1, 0.15) is 6.04 Å². The van der Waals surface area contributed by atoms with E-state index in [0.29, 0.717) is 6.61 Å². The number of piperidine rings is 1. The Balaban J connectivity index is 1.53. The fourth-order valence-electron chi connectivity index (χ4n) is 3.75. The number of unbranched alkanes of at least 4 members (excludes halogenated alkanes) is 1. The van der Waals surface area contributed by atoms with Crippen LogP contribution in [-0.2, 0) is 14.8 Å². The van der Waals surface area contributed by atoms with Crippen LogP contribution in [0.4, 0.5) is 0 Å². The topological polar surface area (TPSA) is 174 Å². The van der Waals surface area contributed by atoms with Gasteiger partial charge in [-0.15, -0.1) is 0 Å². The lowest BCUT2D eigenvalue weighted by atomic mass is 9.93. The van der Waals surface area contributed by atoms with Gasteiger partial charge < -0.3 is 25.4 Å². The van der Waals surface area contributed by atoms with Crippen LogP contribution in [0.5, 0.6) is 5.88 Å². The molecular weight excluding hydrogens is 464 g/mol. The van der Waals surface area contributed by atoms with E-state index in [0.717, 1.165) is 38.3 Å². The first-order valence-electron chi connectivity index (χ1n) is 11.2. The summed E-state index contributed by atoms with van der Waals surface area (Å²) < 4.78 is 37.4. The number of hydrogen-bond acceptors (Lipinski definition) is 9. The zero-order valence-corrected chi connectivity index (χ0v) is 19.5. The van der Waals surface area contributed by atoms with Gasteiger partial charge in [0.05, 0.1) is 23.6 Å². The van der Waals surface area contributed by atoms with Gasteiger partial charge in [0.2, 0.25) is 21.6 Å². The standard InChI is InChI=1S/C22H30N4O7S/c23-19(20(22(28)29)26-34(30,31)16-7-2-1-3-8-16)21(27)17-14-18(25-33-17)32-13-5-4-6-15-9-11-24-12-10-15/h1-3,7-8,14-15,19-20,24,26H,4-6,9-13,23H2,(H,28,29). The molecule has 3 rings (SSSR count). The van der Waals surface area contributed by atoms with Crippen LogP contribution in [0.25, 0.3) is 0 Å². The second-order valence-corrected chi connectivity index (χ2v) is 9.92. The largest absolute Gasteiger partial charge is 0.480 e. The molecule has 0 amide bonds. The second-order valence-electron chi connectivity index (χ2n) is 8.21. The molecule has 1 saturated heterocycles. The summed E-state index contributed by atoms with van der Waals surface area (Å²) in [6.45, 7) is 2.52. The number of carbonyl (C=O) groups excluding carboxylic acids is 1. The van der Waals surface area contributed by atoms with E-state index in [4.69, 9.17) is 15.0 Å². The van der Waals surface area contributed by atoms with E-state index in [2.05, 4.69) is 10.5 Å². The molecule has 186 valence electrons. The van der Waals surface area contributed by atoms with Gasteiger partial charge in [-0.2, -0.15) is 4.72 Å². The van der Waals surface area contributed by atoms with E-state index in [1.807, 2.05) is 4.72 Å². The third-order valence-electron chi connectivity index (χ3n) is 5.71. The number of carbonyl (C=O) groups is 2. The van der Waals surface area contributed by atoms with Crippen LogP contribution in [0.2, 0.25) is 0 Å². The lowest BCUT2D eigenvalue weighted by molar-refractivity contribution is -0.139. The van der Waals surface area contributed by atoms with Crippen molar-refractivity contribution >= 4 is 21.8 Å². The van der Waals surface area contributed by atoms with Crippen LogP contribution in [0.3, 0.4) is 0 Å². The number of carboxylic acid groups (broad SMARTS) is 1. The predicted octanol–water partition coefficient (Wildman–Crippen LogP) is 1.17. The monoisotopic (exact) mass is 494 g/mol. The number of ether oxygens (including phenoxy) is 1. The molecule has 12 heteroatoms. The number of Topliss-reactive ketones (excluding diaryl/α,β-unsaturated/α-hetero) is 1. The van der Waals surface area contributed by atoms with Gasteiger partial charge in [0, 0.05) is 0 Å². The first-order chi connectivity index (χ1) is 16.3. The molecule has 34 heavy (non-hydrogen) atoms. The number of aliphatic carboxylic acids is 1. The molecule has 0 spiro atoms. The summed E-state index contributed by atoms with van der Waals surface area (Å²) >= 11 is 0. The Labute approximate surface area is 198 Å². The number of sulfonamides is 1. The van der Waals surface area contributed by atoms with E-state index < -0.39 is 33.9 Å². The maximum atomic E-state index is 12.7. The minimum Gasteiger partial charge on any atom is -0.480 e. The Morgan fingerprint density at radius 3 is 2.62 bits per heavy atom. The van der Waals surface area contributed by atoms with E-state index in [1.165, 1.54) is 43.2 Å². The molecule has 0 saturated carbocycles.